The summed E-state index contributed by atoms with van der Waals surface area (Å²) in [6.45, 7) is 1.49. The monoisotopic (exact) mass is 595 g/mol. The predicted molar refractivity (Wildman–Crippen MR) is 142 cm³/mol. The van der Waals surface area contributed by atoms with Crippen LogP contribution in [0.4, 0.5) is 20.6 Å². The molecule has 3 N–H and O–H groups in total. The van der Waals surface area contributed by atoms with E-state index < -0.39 is 37.5 Å². The lowest BCUT2D eigenvalue weighted by Gasteiger charge is -2.17. The lowest BCUT2D eigenvalue weighted by atomic mass is 10.1. The van der Waals surface area contributed by atoms with Crippen LogP contribution in [0.25, 0.3) is 16.5 Å². The molecule has 1 aliphatic heterocycles. The van der Waals surface area contributed by atoms with Crippen molar-refractivity contribution in [2.75, 3.05) is 10.6 Å². The van der Waals surface area contributed by atoms with Gasteiger partial charge in [0, 0.05) is 17.3 Å². The van der Waals surface area contributed by atoms with Crippen LogP contribution >= 0.6 is 22.9 Å². The Morgan fingerprint density at radius 2 is 1.92 bits per heavy atom. The molecule has 196 valence electrons. The van der Waals surface area contributed by atoms with E-state index in [2.05, 4.69) is 15.0 Å². The number of thiophene rings is 1. The minimum absolute atomic E-state index is 0.0197. The van der Waals surface area contributed by atoms with Crippen molar-refractivity contribution >= 4 is 77.0 Å². The van der Waals surface area contributed by atoms with E-state index in [1.807, 2.05) is 0 Å². The fourth-order valence-electron chi connectivity index (χ4n) is 3.77. The molecule has 0 unspecified atom stereocenters. The molecule has 0 aliphatic carbocycles. The maximum Gasteiger partial charge on any atom is 0.333 e. The first kappa shape index (κ1) is 25.8. The number of hydrogen-bond donors (Lipinski definition) is 3. The Bertz CT molecular complexity index is 1970. The van der Waals surface area contributed by atoms with Gasteiger partial charge in [0.1, 0.15) is 20.8 Å². The van der Waals surface area contributed by atoms with Crippen LogP contribution in [0.3, 0.4) is 0 Å². The van der Waals surface area contributed by atoms with Gasteiger partial charge in [-0.25, -0.2) is 22.3 Å². The summed E-state index contributed by atoms with van der Waals surface area (Å²) in [6.07, 6.45) is 1.33. The minimum Gasteiger partial charge on any atom is -0.342 e. The number of fused-ring (bicyclic) bond motifs is 2. The number of sulfonamides is 2. The average molecular weight is 596 g/mol. The van der Waals surface area contributed by atoms with Crippen LogP contribution in [-0.2, 0) is 20.0 Å². The molecular weight excluding hydrogens is 581 g/mol. The van der Waals surface area contributed by atoms with Gasteiger partial charge in [-0.3, -0.25) is 9.36 Å². The molecular formula is C22H15ClFN5O6S3. The van der Waals surface area contributed by atoms with E-state index in [-0.39, 0.29) is 41.7 Å². The van der Waals surface area contributed by atoms with E-state index >= 15 is 4.39 Å². The van der Waals surface area contributed by atoms with E-state index in [1.165, 1.54) is 55.6 Å². The number of amides is 2. The van der Waals surface area contributed by atoms with Crippen LogP contribution in [0, 0.1) is 5.82 Å². The lowest BCUT2D eigenvalue weighted by molar-refractivity contribution is 0.256. The minimum atomic E-state index is -4.19. The summed E-state index contributed by atoms with van der Waals surface area (Å²) in [4.78, 5) is 25.2. The van der Waals surface area contributed by atoms with Gasteiger partial charge in [-0.1, -0.05) is 11.6 Å². The van der Waals surface area contributed by atoms with Crippen LogP contribution in [0.2, 0.25) is 4.34 Å². The van der Waals surface area contributed by atoms with Crippen molar-refractivity contribution in [3.05, 3.63) is 75.2 Å². The second-order valence-electron chi connectivity index (χ2n) is 7.99. The van der Waals surface area contributed by atoms with E-state index in [0.29, 0.717) is 5.39 Å². The zero-order valence-corrected chi connectivity index (χ0v) is 22.2. The van der Waals surface area contributed by atoms with Gasteiger partial charge >= 0.3 is 6.03 Å². The summed E-state index contributed by atoms with van der Waals surface area (Å²) in [5.74, 6) is -0.729. The number of aromatic nitrogens is 1. The lowest BCUT2D eigenvalue weighted by Crippen LogP contribution is -2.34. The van der Waals surface area contributed by atoms with Crippen molar-refractivity contribution in [3.8, 4) is 5.69 Å². The molecule has 3 heterocycles. The summed E-state index contributed by atoms with van der Waals surface area (Å²) in [7, 11) is -8.21. The van der Waals surface area contributed by atoms with E-state index in [9.17, 15) is 26.4 Å². The Kier molecular flexibility index (Phi) is 6.25. The Hall–Kier alpha value is -3.79. The van der Waals surface area contributed by atoms with Gasteiger partial charge in [-0.05, 0) is 60.8 Å². The molecule has 0 saturated carbocycles. The van der Waals surface area contributed by atoms with Crippen molar-refractivity contribution in [2.45, 2.75) is 16.0 Å². The van der Waals surface area contributed by atoms with Crippen molar-refractivity contribution in [1.82, 2.24) is 9.29 Å². The molecule has 0 spiro atoms. The molecule has 2 aromatic heterocycles. The summed E-state index contributed by atoms with van der Waals surface area (Å²) in [6, 6.07) is 9.02. The Labute approximate surface area is 223 Å². The number of urea groups is 1. The number of carbonyl (C=O) groups excluding carboxylic acids is 1. The predicted octanol–water partition coefficient (Wildman–Crippen LogP) is 3.89. The van der Waals surface area contributed by atoms with E-state index in [1.54, 1.807) is 4.72 Å². The highest BCUT2D eigenvalue weighted by molar-refractivity contribution is 7.92. The first-order chi connectivity index (χ1) is 17.8. The quantitative estimate of drug-likeness (QED) is 0.323. The number of anilines is 2. The van der Waals surface area contributed by atoms with Gasteiger partial charge in [0.05, 0.1) is 15.7 Å². The molecule has 16 heteroatoms. The SMILES string of the molecule is CC1=NS(=O)(=O)c2cc3c(=O)n(-c4ccc(NC(=O)NS(=O)(=O)c5ccc(Cl)s5)cc4F)ccc3cc2N1. The van der Waals surface area contributed by atoms with Gasteiger partial charge in [-0.2, -0.15) is 8.42 Å². The third-order valence-corrected chi connectivity index (χ3v) is 9.82. The molecule has 4 aromatic rings. The third-order valence-electron chi connectivity index (χ3n) is 5.36. The Balaban J connectivity index is 1.44. The maximum absolute atomic E-state index is 15.0. The zero-order chi connectivity index (χ0) is 27.4. The molecule has 11 nitrogen and oxygen atoms in total. The van der Waals surface area contributed by atoms with E-state index in [4.69, 9.17) is 11.6 Å². The van der Waals surface area contributed by atoms with Gasteiger partial charge < -0.3 is 10.6 Å². The zero-order valence-electron chi connectivity index (χ0n) is 19.0. The molecule has 0 fully saturated rings. The smallest absolute Gasteiger partial charge is 0.333 e. The first-order valence-corrected chi connectivity index (χ1v) is 14.6. The highest BCUT2D eigenvalue weighted by Crippen LogP contribution is 2.31. The molecule has 38 heavy (non-hydrogen) atoms. The highest BCUT2D eigenvalue weighted by Gasteiger charge is 2.25. The normalized spacial score (nSPS) is 14.3. The summed E-state index contributed by atoms with van der Waals surface area (Å²) >= 11 is 6.49. The first-order valence-electron chi connectivity index (χ1n) is 10.5. The second kappa shape index (κ2) is 9.20. The van der Waals surface area contributed by atoms with Gasteiger partial charge in [-0.15, -0.1) is 15.7 Å². The number of nitrogens with zero attached hydrogens (tertiary/aromatic N) is 2. The van der Waals surface area contributed by atoms with Crippen molar-refractivity contribution in [2.24, 2.45) is 4.40 Å². The summed E-state index contributed by atoms with van der Waals surface area (Å²) < 4.78 is 70.9. The standard InChI is InChI=1S/C22H15ClFN5O6S3/c1-11-25-16-8-12-6-7-29(21(30)14(12)10-18(16)37(32,33)27-11)17-3-2-13(9-15(17)24)26-22(31)28-38(34,35)20-5-4-19(23)36-20/h2-10H,1H3,(H,25,27)(H2,26,28,31). The van der Waals surface area contributed by atoms with Crippen molar-refractivity contribution in [3.63, 3.8) is 0 Å². The number of hydrogen-bond acceptors (Lipinski definition) is 8. The Morgan fingerprint density at radius 3 is 2.61 bits per heavy atom. The van der Waals surface area contributed by atoms with Crippen molar-refractivity contribution in [1.29, 1.82) is 0 Å². The van der Waals surface area contributed by atoms with Gasteiger partial charge in [0.15, 0.2) is 0 Å². The molecule has 1 aliphatic rings. The number of nitrogens with one attached hydrogen (secondary N) is 3. The fraction of sp³-hybridized carbons (Fsp3) is 0.0455. The van der Waals surface area contributed by atoms with Crippen LogP contribution < -0.4 is 20.9 Å². The van der Waals surface area contributed by atoms with Gasteiger partial charge in [0.25, 0.3) is 25.6 Å². The summed E-state index contributed by atoms with van der Waals surface area (Å²) in [5.41, 5.74) is -0.691. The number of halogens is 2. The maximum atomic E-state index is 15.0. The van der Waals surface area contributed by atoms with Crippen LogP contribution in [-0.4, -0.2) is 33.3 Å². The molecule has 0 atom stereocenters. The summed E-state index contributed by atoms with van der Waals surface area (Å²) in [5, 5.41) is 5.50. The van der Waals surface area contributed by atoms with Gasteiger partial charge in [0.2, 0.25) is 0 Å². The second-order valence-corrected chi connectivity index (χ2v) is 13.2. The third kappa shape index (κ3) is 4.76. The fourth-order valence-corrected chi connectivity index (χ4v) is 7.32. The van der Waals surface area contributed by atoms with Crippen molar-refractivity contribution < 1.29 is 26.0 Å². The number of carbonyl (C=O) groups is 1. The Morgan fingerprint density at radius 1 is 1.16 bits per heavy atom. The topological polar surface area (TPSA) is 156 Å². The molecule has 0 saturated heterocycles. The van der Waals surface area contributed by atoms with E-state index in [0.717, 1.165) is 22.0 Å². The largest absolute Gasteiger partial charge is 0.342 e. The molecule has 0 radical (unpaired) electrons. The molecule has 0 bridgehead atoms. The number of pyridine rings is 1. The number of amidine groups is 1. The molecule has 5 rings (SSSR count). The van der Waals surface area contributed by atoms with Crippen LogP contribution in [0.15, 0.2) is 73.0 Å². The highest BCUT2D eigenvalue weighted by atomic mass is 35.5. The average Bonchev–Trinajstić information content (AvgIpc) is 3.25. The molecule has 2 amide bonds. The van der Waals surface area contributed by atoms with Crippen LogP contribution in [0.5, 0.6) is 0 Å². The molecule has 2 aromatic carbocycles. The number of benzene rings is 2. The van der Waals surface area contributed by atoms with Crippen LogP contribution in [0.1, 0.15) is 6.92 Å². The number of rotatable bonds is 4.